The Bertz CT molecular complexity index is 530. The Hall–Kier alpha value is -1.86. The minimum Gasteiger partial charge on any atom is -0.482 e. The summed E-state index contributed by atoms with van der Waals surface area (Å²) in [6.07, 6.45) is 2.42. The number of ether oxygens (including phenoxy) is 2. The summed E-state index contributed by atoms with van der Waals surface area (Å²) in [5, 5.41) is 11.3. The van der Waals surface area contributed by atoms with Gasteiger partial charge in [0.25, 0.3) is 5.91 Å². The van der Waals surface area contributed by atoms with Crippen LogP contribution in [0.4, 0.5) is 0 Å². The molecule has 0 unspecified atom stereocenters. The lowest BCUT2D eigenvalue weighted by Crippen LogP contribution is -2.31. The molecule has 0 aliphatic carbocycles. The third-order valence-corrected chi connectivity index (χ3v) is 3.00. The number of hydrogen-bond donors (Lipinski definition) is 2. The number of carbonyl (C=O) groups excluding carboxylic acids is 1. The van der Waals surface area contributed by atoms with Crippen LogP contribution in [-0.2, 0) is 14.3 Å². The molecule has 21 heavy (non-hydrogen) atoms. The number of benzene rings is 1. The molecule has 0 fully saturated rings. The highest BCUT2D eigenvalue weighted by molar-refractivity contribution is 9.10. The minimum atomic E-state index is -1.06. The molecule has 1 amide bonds. The molecule has 6 nitrogen and oxygen atoms in total. The van der Waals surface area contributed by atoms with Crippen molar-refractivity contribution in [2.24, 2.45) is 0 Å². The van der Waals surface area contributed by atoms with Crippen LogP contribution in [0.1, 0.15) is 5.56 Å². The largest absolute Gasteiger partial charge is 0.482 e. The number of amides is 1. The van der Waals surface area contributed by atoms with Gasteiger partial charge in [0, 0.05) is 25.3 Å². The maximum atomic E-state index is 11.6. The van der Waals surface area contributed by atoms with E-state index >= 15 is 0 Å². The fraction of sp³-hybridized carbons (Fsp3) is 0.286. The molecule has 0 atom stereocenters. The zero-order valence-electron chi connectivity index (χ0n) is 11.5. The molecule has 0 heterocycles. The van der Waals surface area contributed by atoms with Gasteiger partial charge >= 0.3 is 5.97 Å². The van der Waals surface area contributed by atoms with E-state index in [0.29, 0.717) is 28.9 Å². The average Bonchev–Trinajstić information content (AvgIpc) is 2.44. The molecule has 2 N–H and O–H groups in total. The van der Waals surface area contributed by atoms with Crippen LogP contribution in [0, 0.1) is 0 Å². The van der Waals surface area contributed by atoms with Crippen LogP contribution >= 0.6 is 15.9 Å². The molecule has 7 heteroatoms. The molecule has 0 aromatic heterocycles. The molecule has 0 saturated heterocycles. The number of halogens is 1. The number of carboxylic acids is 1. The molecular formula is C14H16BrNO5. The molecule has 0 spiro atoms. The van der Waals surface area contributed by atoms with Crippen LogP contribution in [0.5, 0.6) is 5.75 Å². The van der Waals surface area contributed by atoms with Crippen LogP contribution in [-0.4, -0.2) is 43.9 Å². The van der Waals surface area contributed by atoms with Gasteiger partial charge in [-0.05, 0) is 28.1 Å². The number of nitrogens with one attached hydrogen (secondary N) is 1. The molecule has 0 radical (unpaired) electrons. The first kappa shape index (κ1) is 17.2. The monoisotopic (exact) mass is 357 g/mol. The van der Waals surface area contributed by atoms with Crippen molar-refractivity contribution < 1.29 is 24.2 Å². The van der Waals surface area contributed by atoms with Crippen LogP contribution < -0.4 is 10.1 Å². The highest BCUT2D eigenvalue weighted by Crippen LogP contribution is 2.30. The van der Waals surface area contributed by atoms with Gasteiger partial charge in [-0.3, -0.25) is 4.79 Å². The number of aliphatic carboxylic acids is 1. The van der Waals surface area contributed by atoms with Gasteiger partial charge in [0.2, 0.25) is 0 Å². The molecule has 0 saturated carbocycles. The number of hydrogen-bond acceptors (Lipinski definition) is 4. The van der Waals surface area contributed by atoms with Gasteiger partial charge in [-0.15, -0.1) is 0 Å². The van der Waals surface area contributed by atoms with Gasteiger partial charge in [0.15, 0.2) is 6.61 Å². The first-order valence-electron chi connectivity index (χ1n) is 6.12. The fourth-order valence-corrected chi connectivity index (χ4v) is 1.95. The van der Waals surface area contributed by atoms with Gasteiger partial charge in [0.1, 0.15) is 5.75 Å². The predicted octanol–water partition coefficient (Wildman–Crippen LogP) is 1.69. The Morgan fingerprint density at radius 2 is 2.19 bits per heavy atom. The van der Waals surface area contributed by atoms with E-state index in [9.17, 15) is 9.59 Å². The van der Waals surface area contributed by atoms with Gasteiger partial charge in [-0.1, -0.05) is 12.1 Å². The average molecular weight is 358 g/mol. The van der Waals surface area contributed by atoms with Crippen LogP contribution in [0.3, 0.4) is 0 Å². The number of carboxylic acid groups (broad SMARTS) is 1. The van der Waals surface area contributed by atoms with E-state index in [1.807, 2.05) is 0 Å². The second kappa shape index (κ2) is 9.15. The normalized spacial score (nSPS) is 10.6. The molecule has 114 valence electrons. The number of para-hydroxylation sites is 1. The lowest BCUT2D eigenvalue weighted by Gasteiger charge is -2.11. The van der Waals surface area contributed by atoms with Crippen molar-refractivity contribution in [3.05, 3.63) is 34.3 Å². The summed E-state index contributed by atoms with van der Waals surface area (Å²) < 4.78 is 10.9. The van der Waals surface area contributed by atoms with Crippen molar-refractivity contribution in [3.63, 3.8) is 0 Å². The highest BCUT2D eigenvalue weighted by atomic mass is 79.9. The summed E-state index contributed by atoms with van der Waals surface area (Å²) in [4.78, 5) is 22.1. The maximum Gasteiger partial charge on any atom is 0.328 e. The second-order valence-corrected chi connectivity index (χ2v) is 4.82. The van der Waals surface area contributed by atoms with Gasteiger partial charge in [0.05, 0.1) is 11.1 Å². The molecular weight excluding hydrogens is 342 g/mol. The lowest BCUT2D eigenvalue weighted by molar-refractivity contribution is -0.131. The molecule has 0 aliphatic heterocycles. The van der Waals surface area contributed by atoms with E-state index in [-0.39, 0.29) is 12.5 Å². The van der Waals surface area contributed by atoms with E-state index in [4.69, 9.17) is 14.6 Å². The van der Waals surface area contributed by atoms with Crippen molar-refractivity contribution in [2.75, 3.05) is 26.9 Å². The first-order valence-corrected chi connectivity index (χ1v) is 6.92. The van der Waals surface area contributed by atoms with Crippen molar-refractivity contribution >= 4 is 33.9 Å². The Morgan fingerprint density at radius 1 is 1.43 bits per heavy atom. The van der Waals surface area contributed by atoms with Crippen molar-refractivity contribution in [1.29, 1.82) is 0 Å². The summed E-state index contributed by atoms with van der Waals surface area (Å²) >= 11 is 3.31. The van der Waals surface area contributed by atoms with Crippen molar-refractivity contribution in [1.82, 2.24) is 5.32 Å². The maximum absolute atomic E-state index is 11.6. The molecule has 1 aromatic rings. The molecule has 0 aliphatic rings. The Balaban J connectivity index is 2.69. The minimum absolute atomic E-state index is 0.166. The summed E-state index contributed by atoms with van der Waals surface area (Å²) in [6, 6.07) is 5.19. The molecule has 1 aromatic carbocycles. The highest BCUT2D eigenvalue weighted by Gasteiger charge is 2.09. The fourth-order valence-electron chi connectivity index (χ4n) is 1.45. The summed E-state index contributed by atoms with van der Waals surface area (Å²) in [6.45, 7) is 0.661. The van der Waals surface area contributed by atoms with Crippen LogP contribution in [0.25, 0.3) is 6.08 Å². The Labute approximate surface area is 130 Å². The van der Waals surface area contributed by atoms with E-state index in [1.54, 1.807) is 25.3 Å². The van der Waals surface area contributed by atoms with Crippen molar-refractivity contribution in [2.45, 2.75) is 0 Å². The van der Waals surface area contributed by atoms with E-state index in [2.05, 4.69) is 21.2 Å². The van der Waals surface area contributed by atoms with Crippen LogP contribution in [0.15, 0.2) is 28.7 Å². The predicted molar refractivity (Wildman–Crippen MR) is 81.2 cm³/mol. The number of methoxy groups -OCH3 is 1. The quantitative estimate of drug-likeness (QED) is 0.546. The van der Waals surface area contributed by atoms with Gasteiger partial charge < -0.3 is 19.9 Å². The zero-order chi connectivity index (χ0) is 15.7. The summed E-state index contributed by atoms with van der Waals surface area (Å²) in [7, 11) is 1.55. The third kappa shape index (κ3) is 6.42. The van der Waals surface area contributed by atoms with Crippen LogP contribution in [0.2, 0.25) is 0 Å². The van der Waals surface area contributed by atoms with E-state index in [0.717, 1.165) is 6.08 Å². The standard InChI is InChI=1S/C14H16BrNO5/c1-20-8-7-16-12(17)9-21-14-10(5-6-13(18)19)3-2-4-11(14)15/h2-6H,7-9H2,1H3,(H,16,17)(H,18,19). The molecule has 1 rings (SSSR count). The first-order chi connectivity index (χ1) is 10.0. The van der Waals surface area contributed by atoms with E-state index < -0.39 is 5.97 Å². The zero-order valence-corrected chi connectivity index (χ0v) is 13.1. The van der Waals surface area contributed by atoms with Gasteiger partial charge in [-0.2, -0.15) is 0 Å². The summed E-state index contributed by atoms with van der Waals surface area (Å²) in [5.74, 6) is -0.925. The third-order valence-electron chi connectivity index (χ3n) is 2.38. The topological polar surface area (TPSA) is 84.9 Å². The lowest BCUT2D eigenvalue weighted by atomic mass is 10.2. The SMILES string of the molecule is COCCNC(=O)COc1c(Br)cccc1C=CC(=O)O. The van der Waals surface area contributed by atoms with Gasteiger partial charge in [-0.25, -0.2) is 4.79 Å². The second-order valence-electron chi connectivity index (χ2n) is 3.96. The number of rotatable bonds is 8. The number of carbonyl (C=O) groups is 2. The summed E-state index contributed by atoms with van der Waals surface area (Å²) in [5.41, 5.74) is 0.566. The smallest absolute Gasteiger partial charge is 0.328 e. The Morgan fingerprint density at radius 3 is 2.86 bits per heavy atom. The molecule has 0 bridgehead atoms. The Kier molecular flexibility index (Phi) is 7.49. The van der Waals surface area contributed by atoms with Crippen molar-refractivity contribution in [3.8, 4) is 5.75 Å². The van der Waals surface area contributed by atoms with E-state index in [1.165, 1.54) is 6.08 Å².